The van der Waals surface area contributed by atoms with E-state index in [1.54, 1.807) is 19.2 Å². The standard InChI is InChI=1S/C14H14FN3O2/c1-9(10-3-5-11(15)6-4-10)18(2)14(20)12-7-8-13(19)17-16-12/h3-9H,1-2H3,(H,17,19)/t9-/m1/s1. The monoisotopic (exact) mass is 275 g/mol. The Hall–Kier alpha value is -2.50. The van der Waals surface area contributed by atoms with E-state index >= 15 is 0 Å². The van der Waals surface area contributed by atoms with E-state index in [9.17, 15) is 14.0 Å². The number of nitrogens with zero attached hydrogens (tertiary/aromatic N) is 2. The van der Waals surface area contributed by atoms with Gasteiger partial charge in [-0.1, -0.05) is 12.1 Å². The molecule has 0 radical (unpaired) electrons. The summed E-state index contributed by atoms with van der Waals surface area (Å²) in [7, 11) is 1.63. The fraction of sp³-hybridized carbons (Fsp3) is 0.214. The van der Waals surface area contributed by atoms with Crippen molar-refractivity contribution in [2.75, 3.05) is 7.05 Å². The second-order valence-corrected chi connectivity index (χ2v) is 4.45. The topological polar surface area (TPSA) is 66.1 Å². The minimum absolute atomic E-state index is 0.154. The highest BCUT2D eigenvalue weighted by molar-refractivity contribution is 5.92. The molecule has 1 amide bonds. The lowest BCUT2D eigenvalue weighted by molar-refractivity contribution is 0.0735. The van der Waals surface area contributed by atoms with Gasteiger partial charge in [-0.2, -0.15) is 5.10 Å². The summed E-state index contributed by atoms with van der Waals surface area (Å²) >= 11 is 0. The van der Waals surface area contributed by atoms with Crippen molar-refractivity contribution in [3.63, 3.8) is 0 Å². The predicted molar refractivity (Wildman–Crippen MR) is 71.8 cm³/mol. The van der Waals surface area contributed by atoms with Gasteiger partial charge in [0.15, 0.2) is 0 Å². The average molecular weight is 275 g/mol. The molecule has 104 valence electrons. The number of aromatic nitrogens is 2. The SMILES string of the molecule is C[C@H](c1ccc(F)cc1)N(C)C(=O)c1ccc(=O)[nH]n1. The molecular formula is C14H14FN3O2. The number of amides is 1. The molecule has 0 unspecified atom stereocenters. The lowest BCUT2D eigenvalue weighted by Gasteiger charge is -2.24. The fourth-order valence-electron chi connectivity index (χ4n) is 1.79. The highest BCUT2D eigenvalue weighted by Crippen LogP contribution is 2.20. The number of hydrogen-bond donors (Lipinski definition) is 1. The van der Waals surface area contributed by atoms with Crippen molar-refractivity contribution in [1.82, 2.24) is 15.1 Å². The second kappa shape index (κ2) is 5.64. The molecule has 0 aliphatic heterocycles. The van der Waals surface area contributed by atoms with Crippen LogP contribution in [0.5, 0.6) is 0 Å². The van der Waals surface area contributed by atoms with Crippen molar-refractivity contribution in [2.24, 2.45) is 0 Å². The Bertz CT molecular complexity index is 646. The first-order chi connectivity index (χ1) is 9.49. The molecule has 0 spiro atoms. The van der Waals surface area contributed by atoms with Crippen molar-refractivity contribution < 1.29 is 9.18 Å². The van der Waals surface area contributed by atoms with Crippen molar-refractivity contribution in [2.45, 2.75) is 13.0 Å². The van der Waals surface area contributed by atoms with Crippen LogP contribution in [0.2, 0.25) is 0 Å². The summed E-state index contributed by atoms with van der Waals surface area (Å²) in [6.45, 7) is 1.83. The van der Waals surface area contributed by atoms with Gasteiger partial charge in [0.25, 0.3) is 11.5 Å². The Balaban J connectivity index is 2.19. The molecule has 1 N–H and O–H groups in total. The summed E-state index contributed by atoms with van der Waals surface area (Å²) in [6.07, 6.45) is 0. The van der Waals surface area contributed by atoms with E-state index in [0.717, 1.165) is 5.56 Å². The molecule has 0 bridgehead atoms. The summed E-state index contributed by atoms with van der Waals surface area (Å²) in [4.78, 5) is 24.6. The molecule has 2 rings (SSSR count). The normalized spacial score (nSPS) is 11.9. The predicted octanol–water partition coefficient (Wildman–Crippen LogP) is 1.74. The number of benzene rings is 1. The van der Waals surface area contributed by atoms with Gasteiger partial charge in [0, 0.05) is 13.1 Å². The minimum atomic E-state index is -0.365. The molecular weight excluding hydrogens is 261 g/mol. The van der Waals surface area contributed by atoms with Gasteiger partial charge in [0.2, 0.25) is 0 Å². The van der Waals surface area contributed by atoms with Gasteiger partial charge in [-0.05, 0) is 30.7 Å². The number of rotatable bonds is 3. The van der Waals surface area contributed by atoms with Crippen LogP contribution in [0.15, 0.2) is 41.2 Å². The van der Waals surface area contributed by atoms with Crippen LogP contribution in [0.3, 0.4) is 0 Å². The van der Waals surface area contributed by atoms with E-state index in [-0.39, 0.29) is 29.0 Å². The molecule has 0 aliphatic carbocycles. The Morgan fingerprint density at radius 2 is 1.90 bits per heavy atom. The number of nitrogens with one attached hydrogen (secondary N) is 1. The van der Waals surface area contributed by atoms with Crippen molar-refractivity contribution in [3.05, 3.63) is 63.8 Å². The number of H-pyrrole nitrogens is 1. The third-order valence-corrected chi connectivity index (χ3v) is 3.15. The number of halogens is 1. The maximum absolute atomic E-state index is 12.9. The third-order valence-electron chi connectivity index (χ3n) is 3.15. The second-order valence-electron chi connectivity index (χ2n) is 4.45. The minimum Gasteiger partial charge on any atom is -0.334 e. The molecule has 20 heavy (non-hydrogen) atoms. The molecule has 0 saturated carbocycles. The zero-order valence-electron chi connectivity index (χ0n) is 11.1. The zero-order chi connectivity index (χ0) is 14.7. The molecule has 2 aromatic rings. The van der Waals surface area contributed by atoms with E-state index in [1.807, 2.05) is 6.92 Å². The number of carbonyl (C=O) groups is 1. The van der Waals surface area contributed by atoms with Gasteiger partial charge in [-0.25, -0.2) is 9.49 Å². The van der Waals surface area contributed by atoms with E-state index in [0.29, 0.717) is 0 Å². The summed E-state index contributed by atoms with van der Waals surface area (Å²) in [5, 5.41) is 5.92. The van der Waals surface area contributed by atoms with Crippen LogP contribution in [0.4, 0.5) is 4.39 Å². The summed E-state index contributed by atoms with van der Waals surface area (Å²) in [6, 6.07) is 8.33. The molecule has 1 atom stereocenters. The molecule has 6 heteroatoms. The lowest BCUT2D eigenvalue weighted by atomic mass is 10.1. The highest BCUT2D eigenvalue weighted by Gasteiger charge is 2.20. The molecule has 0 aliphatic rings. The Kier molecular flexibility index (Phi) is 3.93. The van der Waals surface area contributed by atoms with Crippen LogP contribution in [0, 0.1) is 5.82 Å². The average Bonchev–Trinajstić information content (AvgIpc) is 2.46. The Labute approximate surface area is 115 Å². The maximum Gasteiger partial charge on any atom is 0.274 e. The molecule has 0 fully saturated rings. The van der Waals surface area contributed by atoms with Crippen LogP contribution in [0.1, 0.15) is 29.0 Å². The summed E-state index contributed by atoms with van der Waals surface area (Å²) in [5.41, 5.74) is 0.600. The number of carbonyl (C=O) groups excluding carboxylic acids is 1. The Morgan fingerprint density at radius 3 is 2.45 bits per heavy atom. The largest absolute Gasteiger partial charge is 0.334 e. The quantitative estimate of drug-likeness (QED) is 0.928. The van der Waals surface area contributed by atoms with Crippen LogP contribution in [-0.2, 0) is 0 Å². The van der Waals surface area contributed by atoms with E-state index < -0.39 is 0 Å². The van der Waals surface area contributed by atoms with E-state index in [4.69, 9.17) is 0 Å². The van der Waals surface area contributed by atoms with Crippen LogP contribution < -0.4 is 5.56 Å². The van der Waals surface area contributed by atoms with Crippen LogP contribution in [-0.4, -0.2) is 28.1 Å². The summed E-state index contributed by atoms with van der Waals surface area (Å²) in [5.74, 6) is -0.643. The smallest absolute Gasteiger partial charge is 0.274 e. The molecule has 1 heterocycles. The van der Waals surface area contributed by atoms with Gasteiger partial charge in [-0.15, -0.1) is 0 Å². The van der Waals surface area contributed by atoms with Gasteiger partial charge in [-0.3, -0.25) is 9.59 Å². The summed E-state index contributed by atoms with van der Waals surface area (Å²) < 4.78 is 12.9. The van der Waals surface area contributed by atoms with Gasteiger partial charge in [0.1, 0.15) is 11.5 Å². The van der Waals surface area contributed by atoms with E-state index in [1.165, 1.54) is 29.2 Å². The van der Waals surface area contributed by atoms with Crippen molar-refractivity contribution in [3.8, 4) is 0 Å². The molecule has 1 aromatic heterocycles. The molecule has 5 nitrogen and oxygen atoms in total. The fourth-order valence-corrected chi connectivity index (χ4v) is 1.79. The van der Waals surface area contributed by atoms with Crippen molar-refractivity contribution in [1.29, 1.82) is 0 Å². The lowest BCUT2D eigenvalue weighted by Crippen LogP contribution is -2.31. The highest BCUT2D eigenvalue weighted by atomic mass is 19.1. The van der Waals surface area contributed by atoms with Gasteiger partial charge < -0.3 is 4.90 Å². The van der Waals surface area contributed by atoms with Crippen LogP contribution >= 0.6 is 0 Å². The number of aromatic amines is 1. The zero-order valence-corrected chi connectivity index (χ0v) is 11.1. The first kappa shape index (κ1) is 13.9. The van der Waals surface area contributed by atoms with E-state index in [2.05, 4.69) is 10.2 Å². The Morgan fingerprint density at radius 1 is 1.25 bits per heavy atom. The van der Waals surface area contributed by atoms with Gasteiger partial charge >= 0.3 is 0 Å². The first-order valence-electron chi connectivity index (χ1n) is 6.07. The van der Waals surface area contributed by atoms with Crippen LogP contribution in [0.25, 0.3) is 0 Å². The molecule has 1 aromatic carbocycles. The first-order valence-corrected chi connectivity index (χ1v) is 6.07. The van der Waals surface area contributed by atoms with Crippen molar-refractivity contribution >= 4 is 5.91 Å². The third kappa shape index (κ3) is 2.90. The molecule has 0 saturated heterocycles. The van der Waals surface area contributed by atoms with Gasteiger partial charge in [0.05, 0.1) is 6.04 Å². The maximum atomic E-state index is 12.9. The number of hydrogen-bond acceptors (Lipinski definition) is 3.